The molecule has 3 nitrogen and oxygen atoms in total. The summed E-state index contributed by atoms with van der Waals surface area (Å²) in [4.78, 5) is 11.9. The Morgan fingerprint density at radius 2 is 1.90 bits per heavy atom. The minimum Gasteiger partial charge on any atom is -0.494 e. The number of carbonyl (C=O) groups is 1. The van der Waals surface area contributed by atoms with Gasteiger partial charge < -0.3 is 9.47 Å². The molecule has 0 aliphatic rings. The lowest BCUT2D eigenvalue weighted by atomic mass is 10.1. The Labute approximate surface area is 127 Å². The summed E-state index contributed by atoms with van der Waals surface area (Å²) in [6.45, 7) is 0.177. The lowest BCUT2D eigenvalue weighted by Gasteiger charge is -2.06. The van der Waals surface area contributed by atoms with Crippen LogP contribution in [0.4, 0.5) is 4.39 Å². The van der Waals surface area contributed by atoms with Crippen molar-refractivity contribution in [1.29, 1.82) is 0 Å². The predicted octanol–water partition coefficient (Wildman–Crippen LogP) is 3.89. The fraction of sp³-hybridized carbons (Fsp3) is 0.188. The van der Waals surface area contributed by atoms with Gasteiger partial charge in [0.1, 0.15) is 6.61 Å². The van der Waals surface area contributed by atoms with Crippen LogP contribution in [0.2, 0.25) is 5.02 Å². The molecule has 0 aromatic heterocycles. The second kappa shape index (κ2) is 7.20. The number of hydrogen-bond acceptors (Lipinski definition) is 3. The van der Waals surface area contributed by atoms with Crippen LogP contribution in [0.25, 0.3) is 0 Å². The second-order valence-corrected chi connectivity index (χ2v) is 4.83. The Balaban J connectivity index is 1.89. The zero-order chi connectivity index (χ0) is 15.2. The highest BCUT2D eigenvalue weighted by molar-refractivity contribution is 6.30. The zero-order valence-corrected chi connectivity index (χ0v) is 12.2. The van der Waals surface area contributed by atoms with Crippen molar-refractivity contribution in [2.75, 3.05) is 13.7 Å². The summed E-state index contributed by atoms with van der Waals surface area (Å²) in [5.74, 6) is -0.750. The first-order valence-corrected chi connectivity index (χ1v) is 6.67. The highest BCUT2D eigenvalue weighted by Crippen LogP contribution is 2.18. The van der Waals surface area contributed by atoms with E-state index in [9.17, 15) is 9.18 Å². The number of methoxy groups -OCH3 is 1. The predicted molar refractivity (Wildman–Crippen MR) is 78.4 cm³/mol. The first kappa shape index (κ1) is 15.5. The molecule has 0 radical (unpaired) electrons. The molecule has 21 heavy (non-hydrogen) atoms. The van der Waals surface area contributed by atoms with Gasteiger partial charge in [-0.3, -0.25) is 4.79 Å². The van der Waals surface area contributed by atoms with E-state index in [2.05, 4.69) is 0 Å². The van der Waals surface area contributed by atoms with Crippen molar-refractivity contribution >= 4 is 17.4 Å². The average molecular weight is 309 g/mol. The van der Waals surface area contributed by atoms with Crippen LogP contribution in [0.3, 0.4) is 0 Å². The number of carbonyl (C=O) groups excluding carboxylic acids is 1. The average Bonchev–Trinajstić information content (AvgIpc) is 2.49. The van der Waals surface area contributed by atoms with E-state index in [1.54, 1.807) is 12.1 Å². The highest BCUT2D eigenvalue weighted by Gasteiger charge is 2.10. The van der Waals surface area contributed by atoms with Crippen LogP contribution < -0.4 is 4.74 Å². The maximum Gasteiger partial charge on any atom is 0.188 e. The first-order chi connectivity index (χ1) is 10.1. The van der Waals surface area contributed by atoms with Crippen LogP contribution in [-0.2, 0) is 11.3 Å². The van der Waals surface area contributed by atoms with Crippen molar-refractivity contribution in [2.24, 2.45) is 0 Å². The molecular formula is C16H14ClFO3. The Kier molecular flexibility index (Phi) is 5.31. The van der Waals surface area contributed by atoms with Crippen LogP contribution in [0, 0.1) is 5.82 Å². The molecule has 0 heterocycles. The van der Waals surface area contributed by atoms with E-state index in [0.29, 0.717) is 11.6 Å². The molecule has 2 aromatic rings. The van der Waals surface area contributed by atoms with Crippen LogP contribution in [0.15, 0.2) is 42.5 Å². The summed E-state index contributed by atoms with van der Waals surface area (Å²) in [6.07, 6.45) is 0. The van der Waals surface area contributed by atoms with Crippen LogP contribution in [0.5, 0.6) is 5.75 Å². The minimum absolute atomic E-state index is 0.105. The molecule has 110 valence electrons. The van der Waals surface area contributed by atoms with E-state index in [1.165, 1.54) is 19.2 Å². The standard InChI is InChI=1S/C16H14ClFO3/c1-20-16-7-4-12(8-14(16)18)15(19)10-21-9-11-2-5-13(17)6-3-11/h2-8H,9-10H2,1H3. The molecule has 0 atom stereocenters. The molecule has 0 fully saturated rings. The molecule has 0 unspecified atom stereocenters. The van der Waals surface area contributed by atoms with Gasteiger partial charge in [0.25, 0.3) is 0 Å². The van der Waals surface area contributed by atoms with Crippen molar-refractivity contribution < 1.29 is 18.7 Å². The van der Waals surface area contributed by atoms with Gasteiger partial charge in [0.05, 0.1) is 13.7 Å². The Morgan fingerprint density at radius 1 is 1.19 bits per heavy atom. The van der Waals surface area contributed by atoms with Crippen LogP contribution >= 0.6 is 11.6 Å². The molecule has 0 saturated heterocycles. The molecule has 0 amide bonds. The molecule has 0 spiro atoms. The number of ketones is 1. The normalized spacial score (nSPS) is 10.4. The summed E-state index contributed by atoms with van der Waals surface area (Å²) in [7, 11) is 1.37. The Bertz CT molecular complexity index is 626. The molecule has 0 saturated carbocycles. The van der Waals surface area contributed by atoms with E-state index in [1.807, 2.05) is 12.1 Å². The smallest absolute Gasteiger partial charge is 0.188 e. The van der Waals surface area contributed by atoms with Crippen molar-refractivity contribution in [3.63, 3.8) is 0 Å². The summed E-state index contributed by atoms with van der Waals surface area (Å²) in [5.41, 5.74) is 1.16. The number of ether oxygens (including phenoxy) is 2. The molecular weight excluding hydrogens is 295 g/mol. The van der Waals surface area contributed by atoms with E-state index in [4.69, 9.17) is 21.1 Å². The summed E-state index contributed by atoms with van der Waals surface area (Å²) >= 11 is 5.78. The minimum atomic E-state index is -0.568. The van der Waals surface area contributed by atoms with Gasteiger partial charge in [-0.1, -0.05) is 23.7 Å². The van der Waals surface area contributed by atoms with Crippen LogP contribution in [0.1, 0.15) is 15.9 Å². The monoisotopic (exact) mass is 308 g/mol. The highest BCUT2D eigenvalue weighted by atomic mass is 35.5. The van der Waals surface area contributed by atoms with Gasteiger partial charge >= 0.3 is 0 Å². The summed E-state index contributed by atoms with van der Waals surface area (Å²) in [6, 6.07) is 11.2. The third kappa shape index (κ3) is 4.28. The lowest BCUT2D eigenvalue weighted by Crippen LogP contribution is -2.09. The van der Waals surface area contributed by atoms with Gasteiger partial charge in [0, 0.05) is 10.6 Å². The van der Waals surface area contributed by atoms with Crippen LogP contribution in [-0.4, -0.2) is 19.5 Å². The quantitative estimate of drug-likeness (QED) is 0.760. The topological polar surface area (TPSA) is 35.5 Å². The SMILES string of the molecule is COc1ccc(C(=O)COCc2ccc(Cl)cc2)cc1F. The number of Topliss-reactive ketones (excluding diaryl/α,β-unsaturated/α-hetero) is 1. The van der Waals surface area contributed by atoms with Gasteiger partial charge in [-0.2, -0.15) is 0 Å². The molecule has 0 bridgehead atoms. The van der Waals surface area contributed by atoms with Gasteiger partial charge in [-0.25, -0.2) is 4.39 Å². The fourth-order valence-electron chi connectivity index (χ4n) is 1.77. The third-order valence-electron chi connectivity index (χ3n) is 2.89. The first-order valence-electron chi connectivity index (χ1n) is 6.29. The van der Waals surface area contributed by atoms with E-state index in [-0.39, 0.29) is 23.7 Å². The molecule has 0 aliphatic carbocycles. The number of benzene rings is 2. The lowest BCUT2D eigenvalue weighted by molar-refractivity contribution is 0.0726. The molecule has 2 rings (SSSR count). The summed E-state index contributed by atoms with van der Waals surface area (Å²) in [5, 5.41) is 0.642. The molecule has 0 aliphatic heterocycles. The van der Waals surface area contributed by atoms with E-state index < -0.39 is 5.82 Å². The molecule has 5 heteroatoms. The zero-order valence-electron chi connectivity index (χ0n) is 11.4. The van der Waals surface area contributed by atoms with Crippen molar-refractivity contribution in [3.05, 3.63) is 64.4 Å². The van der Waals surface area contributed by atoms with Gasteiger partial charge in [0.2, 0.25) is 0 Å². The van der Waals surface area contributed by atoms with E-state index in [0.717, 1.165) is 11.6 Å². The van der Waals surface area contributed by atoms with Crippen molar-refractivity contribution in [2.45, 2.75) is 6.61 Å². The number of halogens is 2. The number of hydrogen-bond donors (Lipinski definition) is 0. The second-order valence-electron chi connectivity index (χ2n) is 4.39. The van der Waals surface area contributed by atoms with Crippen molar-refractivity contribution in [1.82, 2.24) is 0 Å². The maximum absolute atomic E-state index is 13.5. The Hall–Kier alpha value is -1.91. The molecule has 0 N–H and O–H groups in total. The van der Waals surface area contributed by atoms with E-state index >= 15 is 0 Å². The van der Waals surface area contributed by atoms with Gasteiger partial charge in [-0.15, -0.1) is 0 Å². The van der Waals surface area contributed by atoms with Gasteiger partial charge in [0.15, 0.2) is 17.3 Å². The fourth-order valence-corrected chi connectivity index (χ4v) is 1.89. The largest absolute Gasteiger partial charge is 0.494 e. The maximum atomic E-state index is 13.5. The van der Waals surface area contributed by atoms with Gasteiger partial charge in [-0.05, 0) is 35.9 Å². The molecule has 2 aromatic carbocycles. The number of rotatable bonds is 6. The summed E-state index contributed by atoms with van der Waals surface area (Å²) < 4.78 is 23.6. The van der Waals surface area contributed by atoms with Crippen molar-refractivity contribution in [3.8, 4) is 5.75 Å². The third-order valence-corrected chi connectivity index (χ3v) is 3.14. The Morgan fingerprint density at radius 3 is 2.52 bits per heavy atom.